The topological polar surface area (TPSA) is 43.8 Å². The number of benzene rings is 1. The van der Waals surface area contributed by atoms with Crippen LogP contribution in [0.4, 0.5) is 0 Å². The number of aryl methyl sites for hydroxylation is 1. The summed E-state index contributed by atoms with van der Waals surface area (Å²) in [6.45, 7) is 2.78. The Kier molecular flexibility index (Phi) is 4.66. The van der Waals surface area contributed by atoms with E-state index in [4.69, 9.17) is 10.8 Å². The maximum Gasteiger partial charge on any atom is 0.104 e. The Morgan fingerprint density at radius 2 is 1.95 bits per heavy atom. The molecule has 21 heavy (non-hydrogen) atoms. The van der Waals surface area contributed by atoms with Crippen molar-refractivity contribution in [3.05, 3.63) is 41.6 Å². The van der Waals surface area contributed by atoms with Crippen LogP contribution in [0, 0.1) is 6.92 Å². The van der Waals surface area contributed by atoms with Gasteiger partial charge in [0.2, 0.25) is 0 Å². The quantitative estimate of drug-likeness (QED) is 0.915. The molecule has 2 N–H and O–H groups in total. The van der Waals surface area contributed by atoms with Gasteiger partial charge in [0, 0.05) is 10.8 Å². The van der Waals surface area contributed by atoms with Gasteiger partial charge in [-0.3, -0.25) is 0 Å². The van der Waals surface area contributed by atoms with Crippen LogP contribution in [0.3, 0.4) is 0 Å². The van der Waals surface area contributed by atoms with E-state index in [9.17, 15) is 0 Å². The monoisotopic (exact) mass is 301 g/mol. The zero-order chi connectivity index (χ0) is 14.7. The van der Waals surface area contributed by atoms with Gasteiger partial charge in [-0.05, 0) is 44.9 Å². The summed E-state index contributed by atoms with van der Waals surface area (Å²) in [4.78, 5) is 0. The molecule has 112 valence electrons. The van der Waals surface area contributed by atoms with Crippen LogP contribution in [0.5, 0.6) is 0 Å². The van der Waals surface area contributed by atoms with E-state index in [0.717, 1.165) is 23.1 Å². The normalized spacial score (nSPS) is 15.7. The van der Waals surface area contributed by atoms with Gasteiger partial charge in [-0.15, -0.1) is 11.8 Å². The molecule has 2 aromatic rings. The summed E-state index contributed by atoms with van der Waals surface area (Å²) in [6, 6.07) is 10.4. The highest BCUT2D eigenvalue weighted by molar-refractivity contribution is 7.99. The molecule has 0 atom stereocenters. The number of nitrogens with zero attached hydrogens (tertiary/aromatic N) is 2. The van der Waals surface area contributed by atoms with Gasteiger partial charge < -0.3 is 5.73 Å². The van der Waals surface area contributed by atoms with E-state index in [0.29, 0.717) is 6.54 Å². The van der Waals surface area contributed by atoms with Gasteiger partial charge in [-0.1, -0.05) is 31.0 Å². The predicted octanol–water partition coefficient (Wildman–Crippen LogP) is 3.72. The van der Waals surface area contributed by atoms with E-state index in [-0.39, 0.29) is 0 Å². The molecule has 0 spiro atoms. The summed E-state index contributed by atoms with van der Waals surface area (Å²) in [5.41, 5.74) is 9.40. The Hall–Kier alpha value is -1.26. The Morgan fingerprint density at radius 1 is 1.24 bits per heavy atom. The lowest BCUT2D eigenvalue weighted by Gasteiger charge is -2.13. The number of thioether (sulfide) groups is 1. The first kappa shape index (κ1) is 14.7. The molecule has 1 fully saturated rings. The molecule has 1 aromatic carbocycles. The smallest absolute Gasteiger partial charge is 0.104 e. The minimum absolute atomic E-state index is 0.680. The van der Waals surface area contributed by atoms with Crippen LogP contribution in [-0.2, 0) is 6.42 Å². The lowest BCUT2D eigenvalue weighted by Crippen LogP contribution is -2.06. The zero-order valence-corrected chi connectivity index (χ0v) is 13.4. The van der Waals surface area contributed by atoms with E-state index in [1.807, 2.05) is 17.8 Å². The first-order chi connectivity index (χ1) is 10.3. The maximum absolute atomic E-state index is 5.81. The van der Waals surface area contributed by atoms with Crippen LogP contribution in [0.1, 0.15) is 36.9 Å². The van der Waals surface area contributed by atoms with E-state index in [1.54, 1.807) is 0 Å². The molecular weight excluding hydrogens is 278 g/mol. The van der Waals surface area contributed by atoms with Gasteiger partial charge in [0.05, 0.1) is 11.4 Å². The fourth-order valence-electron chi connectivity index (χ4n) is 3.00. The highest BCUT2D eigenvalue weighted by Crippen LogP contribution is 2.38. The molecule has 3 nitrogen and oxygen atoms in total. The third-order valence-electron chi connectivity index (χ3n) is 4.11. The molecule has 0 saturated heterocycles. The van der Waals surface area contributed by atoms with Crippen molar-refractivity contribution in [2.24, 2.45) is 5.73 Å². The Labute approximate surface area is 130 Å². The van der Waals surface area contributed by atoms with Crippen LogP contribution in [0.25, 0.3) is 5.69 Å². The molecule has 0 radical (unpaired) electrons. The van der Waals surface area contributed by atoms with Gasteiger partial charge in [-0.2, -0.15) is 5.10 Å². The summed E-state index contributed by atoms with van der Waals surface area (Å²) in [5, 5.41) is 6.82. The predicted molar refractivity (Wildman–Crippen MR) is 89.2 cm³/mol. The fraction of sp³-hybridized carbons (Fsp3) is 0.471. The number of aromatic nitrogens is 2. The molecule has 1 aliphatic carbocycles. The van der Waals surface area contributed by atoms with Gasteiger partial charge in [0.1, 0.15) is 5.03 Å². The van der Waals surface area contributed by atoms with E-state index < -0.39 is 0 Å². The Bertz CT molecular complexity index is 586. The summed E-state index contributed by atoms with van der Waals surface area (Å²) in [5.74, 6) is 0. The molecule has 0 unspecified atom stereocenters. The third kappa shape index (κ3) is 3.16. The van der Waals surface area contributed by atoms with Crippen molar-refractivity contribution in [1.82, 2.24) is 9.78 Å². The second-order valence-corrected chi connectivity index (χ2v) is 6.97. The molecule has 1 saturated carbocycles. The Morgan fingerprint density at radius 3 is 2.62 bits per heavy atom. The van der Waals surface area contributed by atoms with Crippen molar-refractivity contribution in [2.75, 3.05) is 6.54 Å². The van der Waals surface area contributed by atoms with Crippen molar-refractivity contribution in [3.63, 3.8) is 0 Å². The lowest BCUT2D eigenvalue weighted by molar-refractivity contribution is 0.780. The third-order valence-corrected chi connectivity index (χ3v) is 5.56. The molecular formula is C17H23N3S. The molecule has 3 rings (SSSR count). The fourth-order valence-corrected chi connectivity index (χ4v) is 4.52. The number of hydrogen-bond donors (Lipinski definition) is 1. The minimum Gasteiger partial charge on any atom is -0.330 e. The number of hydrogen-bond acceptors (Lipinski definition) is 3. The lowest BCUT2D eigenvalue weighted by atomic mass is 10.2. The average molecular weight is 301 g/mol. The second kappa shape index (κ2) is 6.67. The van der Waals surface area contributed by atoms with E-state index in [2.05, 4.69) is 35.9 Å². The maximum atomic E-state index is 5.81. The van der Waals surface area contributed by atoms with Crippen LogP contribution in [0.15, 0.2) is 35.4 Å². The highest BCUT2D eigenvalue weighted by Gasteiger charge is 2.22. The largest absolute Gasteiger partial charge is 0.330 e. The molecule has 0 amide bonds. The van der Waals surface area contributed by atoms with Gasteiger partial charge >= 0.3 is 0 Å². The first-order valence-electron chi connectivity index (χ1n) is 7.80. The number of para-hydroxylation sites is 1. The summed E-state index contributed by atoms with van der Waals surface area (Å²) >= 11 is 2.00. The first-order valence-corrected chi connectivity index (χ1v) is 8.68. The molecule has 0 bridgehead atoms. The average Bonchev–Trinajstić information content (AvgIpc) is 3.12. The highest BCUT2D eigenvalue weighted by atomic mass is 32.2. The standard InChI is InChI=1S/C17H23N3S/c1-13-16(11-12-18)17(21-15-9-5-6-10-15)20(19-13)14-7-3-2-4-8-14/h2-4,7-8,15H,5-6,9-12,18H2,1H3. The second-order valence-electron chi connectivity index (χ2n) is 5.68. The van der Waals surface area contributed by atoms with Gasteiger partial charge in [0.15, 0.2) is 0 Å². The summed E-state index contributed by atoms with van der Waals surface area (Å²) < 4.78 is 2.11. The van der Waals surface area contributed by atoms with Gasteiger partial charge in [0.25, 0.3) is 0 Å². The molecule has 1 aliphatic rings. The zero-order valence-electron chi connectivity index (χ0n) is 12.6. The van der Waals surface area contributed by atoms with Crippen LogP contribution in [-0.4, -0.2) is 21.6 Å². The SMILES string of the molecule is Cc1nn(-c2ccccc2)c(SC2CCCC2)c1CCN. The summed E-state index contributed by atoms with van der Waals surface area (Å²) in [7, 11) is 0. The minimum atomic E-state index is 0.680. The van der Waals surface area contributed by atoms with Crippen molar-refractivity contribution in [2.45, 2.75) is 49.3 Å². The molecule has 1 heterocycles. The van der Waals surface area contributed by atoms with E-state index in [1.165, 1.54) is 36.3 Å². The molecule has 4 heteroatoms. The summed E-state index contributed by atoms with van der Waals surface area (Å²) in [6.07, 6.45) is 6.29. The van der Waals surface area contributed by atoms with Crippen LogP contribution >= 0.6 is 11.8 Å². The number of rotatable bonds is 5. The van der Waals surface area contributed by atoms with Crippen LogP contribution in [0.2, 0.25) is 0 Å². The van der Waals surface area contributed by atoms with E-state index >= 15 is 0 Å². The Balaban J connectivity index is 1.99. The van der Waals surface area contributed by atoms with Gasteiger partial charge in [-0.25, -0.2) is 4.68 Å². The molecule has 1 aromatic heterocycles. The van der Waals surface area contributed by atoms with Crippen molar-refractivity contribution in [1.29, 1.82) is 0 Å². The van der Waals surface area contributed by atoms with Crippen molar-refractivity contribution < 1.29 is 0 Å². The molecule has 0 aliphatic heterocycles. The number of nitrogens with two attached hydrogens (primary N) is 1. The van der Waals surface area contributed by atoms with Crippen molar-refractivity contribution in [3.8, 4) is 5.69 Å². The van der Waals surface area contributed by atoms with Crippen molar-refractivity contribution >= 4 is 11.8 Å². The van der Waals surface area contributed by atoms with Crippen LogP contribution < -0.4 is 5.73 Å².